The molecule has 1 aromatic rings. The highest BCUT2D eigenvalue weighted by Crippen LogP contribution is 2.36. The lowest BCUT2D eigenvalue weighted by molar-refractivity contribution is 0.0184. The molecule has 2 rings (SSSR count). The molecule has 0 saturated heterocycles. The SMILES string of the molecule is [C-]#[N+]C1(C)CN(C(=O)OC(C)(C)C)Cc2ccc(C(=O)O)cc21. The van der Waals surface area contributed by atoms with Gasteiger partial charge in [0.15, 0.2) is 0 Å². The number of carbonyl (C=O) groups excluding carboxylic acids is 1. The molecule has 1 aliphatic heterocycles. The maximum absolute atomic E-state index is 12.3. The maximum atomic E-state index is 12.3. The van der Waals surface area contributed by atoms with Crippen molar-refractivity contribution in [2.45, 2.75) is 45.4 Å². The first-order valence-corrected chi connectivity index (χ1v) is 7.29. The van der Waals surface area contributed by atoms with Gasteiger partial charge in [0.05, 0.1) is 5.56 Å². The minimum absolute atomic E-state index is 0.143. The van der Waals surface area contributed by atoms with Crippen LogP contribution in [0.5, 0.6) is 0 Å². The number of hydrogen-bond donors (Lipinski definition) is 1. The molecule has 1 amide bonds. The van der Waals surface area contributed by atoms with Crippen LogP contribution in [0, 0.1) is 6.57 Å². The fourth-order valence-electron chi connectivity index (χ4n) is 2.62. The van der Waals surface area contributed by atoms with Crippen molar-refractivity contribution in [2.75, 3.05) is 6.54 Å². The first kappa shape index (κ1) is 16.8. The highest BCUT2D eigenvalue weighted by atomic mass is 16.6. The zero-order valence-electron chi connectivity index (χ0n) is 13.7. The number of amides is 1. The molecule has 1 atom stereocenters. The Bertz CT molecular complexity index is 700. The Balaban J connectivity index is 2.39. The van der Waals surface area contributed by atoms with Gasteiger partial charge in [0, 0.05) is 19.0 Å². The Morgan fingerprint density at radius 1 is 1.39 bits per heavy atom. The van der Waals surface area contributed by atoms with E-state index in [2.05, 4.69) is 4.85 Å². The number of nitrogens with zero attached hydrogens (tertiary/aromatic N) is 2. The second-order valence-corrected chi connectivity index (χ2v) is 6.90. The summed E-state index contributed by atoms with van der Waals surface area (Å²) < 4.78 is 5.38. The van der Waals surface area contributed by atoms with Gasteiger partial charge < -0.3 is 14.7 Å². The third-order valence-corrected chi connectivity index (χ3v) is 3.70. The first-order chi connectivity index (χ1) is 10.6. The number of hydrogen-bond acceptors (Lipinski definition) is 3. The molecular formula is C17H20N2O4. The van der Waals surface area contributed by atoms with Crippen molar-refractivity contribution in [2.24, 2.45) is 0 Å². The van der Waals surface area contributed by atoms with Crippen molar-refractivity contribution < 1.29 is 19.4 Å². The number of carbonyl (C=O) groups is 2. The molecule has 1 aromatic carbocycles. The van der Waals surface area contributed by atoms with Crippen molar-refractivity contribution in [1.82, 2.24) is 4.90 Å². The summed E-state index contributed by atoms with van der Waals surface area (Å²) in [6.45, 7) is 15.1. The van der Waals surface area contributed by atoms with Gasteiger partial charge in [0.1, 0.15) is 12.1 Å². The van der Waals surface area contributed by atoms with Gasteiger partial charge in [-0.25, -0.2) is 16.2 Å². The molecule has 6 heteroatoms. The van der Waals surface area contributed by atoms with E-state index in [-0.39, 0.29) is 12.1 Å². The third kappa shape index (κ3) is 3.45. The van der Waals surface area contributed by atoms with E-state index in [1.807, 2.05) is 0 Å². The van der Waals surface area contributed by atoms with Crippen LogP contribution < -0.4 is 0 Å². The number of ether oxygens (including phenoxy) is 1. The summed E-state index contributed by atoms with van der Waals surface area (Å²) in [7, 11) is 0. The van der Waals surface area contributed by atoms with Gasteiger partial charge in [-0.1, -0.05) is 6.07 Å². The van der Waals surface area contributed by atoms with Crippen LogP contribution in [0.15, 0.2) is 18.2 Å². The van der Waals surface area contributed by atoms with Gasteiger partial charge in [-0.15, -0.1) is 0 Å². The normalized spacial score (nSPS) is 20.4. The topological polar surface area (TPSA) is 71.2 Å². The smallest absolute Gasteiger partial charge is 0.410 e. The molecule has 1 N–H and O–H groups in total. The van der Waals surface area contributed by atoms with Gasteiger partial charge in [-0.05, 0) is 38.5 Å². The van der Waals surface area contributed by atoms with E-state index >= 15 is 0 Å². The van der Waals surface area contributed by atoms with Crippen molar-refractivity contribution in [3.63, 3.8) is 0 Å². The predicted molar refractivity (Wildman–Crippen MR) is 84.0 cm³/mol. The van der Waals surface area contributed by atoms with Crippen LogP contribution in [0.2, 0.25) is 0 Å². The van der Waals surface area contributed by atoms with Crippen molar-refractivity contribution >= 4 is 12.1 Å². The summed E-state index contributed by atoms with van der Waals surface area (Å²) in [5, 5.41) is 9.14. The van der Waals surface area contributed by atoms with Gasteiger partial charge in [-0.3, -0.25) is 4.90 Å². The summed E-state index contributed by atoms with van der Waals surface area (Å²) in [5.41, 5.74) is -0.0308. The van der Waals surface area contributed by atoms with E-state index in [1.54, 1.807) is 33.8 Å². The number of rotatable bonds is 1. The van der Waals surface area contributed by atoms with Crippen molar-refractivity contribution in [3.8, 4) is 0 Å². The molecule has 0 aliphatic carbocycles. The lowest BCUT2D eigenvalue weighted by Crippen LogP contribution is -2.46. The monoisotopic (exact) mass is 316 g/mol. The quantitative estimate of drug-likeness (QED) is 0.807. The molecule has 0 bridgehead atoms. The molecule has 23 heavy (non-hydrogen) atoms. The van der Waals surface area contributed by atoms with E-state index in [4.69, 9.17) is 16.4 Å². The average molecular weight is 316 g/mol. The van der Waals surface area contributed by atoms with Crippen LogP contribution in [0.25, 0.3) is 4.85 Å². The molecule has 0 aromatic heterocycles. The highest BCUT2D eigenvalue weighted by molar-refractivity contribution is 5.88. The highest BCUT2D eigenvalue weighted by Gasteiger charge is 2.44. The summed E-state index contributed by atoms with van der Waals surface area (Å²) in [6, 6.07) is 4.69. The molecule has 1 heterocycles. The van der Waals surface area contributed by atoms with Gasteiger partial charge in [0.25, 0.3) is 5.54 Å². The Kier molecular flexibility index (Phi) is 4.08. The van der Waals surface area contributed by atoms with Gasteiger partial charge in [-0.2, -0.15) is 0 Å². The average Bonchev–Trinajstić information content (AvgIpc) is 2.44. The molecule has 0 saturated carbocycles. The Labute approximate surface area is 135 Å². The molecule has 122 valence electrons. The van der Waals surface area contributed by atoms with Gasteiger partial charge in [0.2, 0.25) is 0 Å². The standard InChI is InChI=1S/C17H20N2O4/c1-16(2,3)23-15(22)19-9-12-7-6-11(14(20)21)8-13(12)17(4,10-19)18-5/h6-8H,9-10H2,1-4H3,(H,20,21). The van der Waals surface area contributed by atoms with Crippen molar-refractivity contribution in [1.29, 1.82) is 0 Å². The Hall–Kier alpha value is -2.55. The molecule has 1 aliphatic rings. The summed E-state index contributed by atoms with van der Waals surface area (Å²) >= 11 is 0. The number of carboxylic acids is 1. The summed E-state index contributed by atoms with van der Waals surface area (Å²) in [6.07, 6.45) is -0.472. The van der Waals surface area contributed by atoms with Crippen molar-refractivity contribution in [3.05, 3.63) is 46.3 Å². The summed E-state index contributed by atoms with van der Waals surface area (Å²) in [5.74, 6) is -1.03. The largest absolute Gasteiger partial charge is 0.478 e. The van der Waals surface area contributed by atoms with E-state index < -0.39 is 23.2 Å². The minimum Gasteiger partial charge on any atom is -0.478 e. The summed E-state index contributed by atoms with van der Waals surface area (Å²) in [4.78, 5) is 28.6. The Morgan fingerprint density at radius 3 is 2.57 bits per heavy atom. The molecule has 0 fully saturated rings. The maximum Gasteiger partial charge on any atom is 0.410 e. The number of fused-ring (bicyclic) bond motifs is 1. The number of benzene rings is 1. The molecule has 0 spiro atoms. The van der Waals surface area contributed by atoms with E-state index in [0.29, 0.717) is 12.1 Å². The van der Waals surface area contributed by atoms with E-state index in [0.717, 1.165) is 5.56 Å². The van der Waals surface area contributed by atoms with Gasteiger partial charge >= 0.3 is 12.1 Å². The molecule has 6 nitrogen and oxygen atoms in total. The van der Waals surface area contributed by atoms with E-state index in [9.17, 15) is 9.59 Å². The van der Waals surface area contributed by atoms with Crippen LogP contribution in [0.4, 0.5) is 4.79 Å². The fourth-order valence-corrected chi connectivity index (χ4v) is 2.62. The lowest BCUT2D eigenvalue weighted by atomic mass is 9.84. The fraction of sp³-hybridized carbons (Fsp3) is 0.471. The van der Waals surface area contributed by atoms with E-state index in [1.165, 1.54) is 17.0 Å². The minimum atomic E-state index is -1.03. The molecular weight excluding hydrogens is 296 g/mol. The predicted octanol–water partition coefficient (Wildman–Crippen LogP) is 3.27. The number of carboxylic acid groups (broad SMARTS) is 1. The third-order valence-electron chi connectivity index (χ3n) is 3.70. The van der Waals surface area contributed by atoms with Crippen LogP contribution in [0.1, 0.15) is 49.2 Å². The van der Waals surface area contributed by atoms with Crippen LogP contribution in [-0.2, 0) is 16.8 Å². The zero-order valence-corrected chi connectivity index (χ0v) is 13.7. The molecule has 0 radical (unpaired) electrons. The Morgan fingerprint density at radius 2 is 2.04 bits per heavy atom. The van der Waals surface area contributed by atoms with Crippen LogP contribution in [0.3, 0.4) is 0 Å². The first-order valence-electron chi connectivity index (χ1n) is 7.29. The lowest BCUT2D eigenvalue weighted by Gasteiger charge is -2.35. The second kappa shape index (κ2) is 5.58. The number of aromatic carboxylic acids is 1. The molecule has 1 unspecified atom stereocenters. The van der Waals surface area contributed by atoms with Crippen LogP contribution >= 0.6 is 0 Å². The van der Waals surface area contributed by atoms with Crippen LogP contribution in [-0.4, -0.2) is 34.2 Å². The zero-order chi connectivity index (χ0) is 17.4. The second-order valence-electron chi connectivity index (χ2n) is 6.90.